The van der Waals surface area contributed by atoms with Crippen molar-refractivity contribution in [1.82, 2.24) is 20.1 Å². The molecule has 2 N–H and O–H groups in total. The van der Waals surface area contributed by atoms with E-state index in [1.807, 2.05) is 6.92 Å². The Kier molecular flexibility index (Phi) is 5.85. The molecule has 2 aromatic rings. The van der Waals surface area contributed by atoms with Crippen molar-refractivity contribution in [2.24, 2.45) is 0 Å². The van der Waals surface area contributed by atoms with E-state index in [-0.39, 0.29) is 30.4 Å². The van der Waals surface area contributed by atoms with Crippen LogP contribution in [0.25, 0.3) is 0 Å². The summed E-state index contributed by atoms with van der Waals surface area (Å²) in [6, 6.07) is 7.10. The lowest BCUT2D eigenvalue weighted by Gasteiger charge is -2.30. The van der Waals surface area contributed by atoms with Crippen LogP contribution in [0.4, 0.5) is 19.7 Å². The monoisotopic (exact) mass is 495 g/mol. The van der Waals surface area contributed by atoms with Crippen molar-refractivity contribution in [2.45, 2.75) is 50.3 Å². The summed E-state index contributed by atoms with van der Waals surface area (Å²) in [5, 5.41) is 5.16. The number of nitrogens with one attached hydrogen (secondary N) is 2. The smallest absolute Gasteiger partial charge is 0.418 e. The van der Waals surface area contributed by atoms with Crippen molar-refractivity contribution in [3.63, 3.8) is 0 Å². The number of aromatic nitrogens is 1. The summed E-state index contributed by atoms with van der Waals surface area (Å²) >= 11 is 0. The molecular formula is C25H26FN5O5. The zero-order chi connectivity index (χ0) is 25.6. The van der Waals surface area contributed by atoms with Crippen molar-refractivity contribution >= 4 is 29.6 Å². The number of halogens is 1. The molecule has 1 aromatic carbocycles. The maximum Gasteiger partial charge on any atom is 0.418 e. The van der Waals surface area contributed by atoms with Gasteiger partial charge in [-0.25, -0.2) is 19.5 Å². The van der Waals surface area contributed by atoms with E-state index in [0.29, 0.717) is 29.7 Å². The van der Waals surface area contributed by atoms with Gasteiger partial charge in [0.05, 0.1) is 6.04 Å². The second-order valence-corrected chi connectivity index (χ2v) is 9.32. The molecule has 0 saturated carbocycles. The van der Waals surface area contributed by atoms with Crippen LogP contribution in [-0.2, 0) is 26.3 Å². The zero-order valence-electron chi connectivity index (χ0n) is 19.9. The Hall–Kier alpha value is -4.02. The van der Waals surface area contributed by atoms with Crippen LogP contribution in [-0.4, -0.2) is 58.4 Å². The summed E-state index contributed by atoms with van der Waals surface area (Å²) in [5.41, 5.74) is 1.12. The molecule has 10 nitrogen and oxygen atoms in total. The molecule has 2 aliphatic heterocycles. The second-order valence-electron chi connectivity index (χ2n) is 9.32. The average Bonchev–Trinajstić information content (AvgIpc) is 3.49. The van der Waals surface area contributed by atoms with E-state index in [1.165, 1.54) is 19.3 Å². The van der Waals surface area contributed by atoms with Crippen LogP contribution >= 0.6 is 0 Å². The first-order chi connectivity index (χ1) is 17.2. The van der Waals surface area contributed by atoms with Crippen LogP contribution in [0.15, 0.2) is 36.5 Å². The quantitative estimate of drug-likeness (QED) is 0.630. The molecule has 1 unspecified atom stereocenters. The molecule has 5 amide bonds. The molecule has 11 heteroatoms. The third kappa shape index (κ3) is 3.84. The molecule has 36 heavy (non-hydrogen) atoms. The Morgan fingerprint density at radius 3 is 2.75 bits per heavy atom. The van der Waals surface area contributed by atoms with Gasteiger partial charge in [0.25, 0.3) is 5.91 Å². The van der Waals surface area contributed by atoms with Gasteiger partial charge in [-0.1, -0.05) is 12.1 Å². The number of carbonyl (C=O) groups is 4. The summed E-state index contributed by atoms with van der Waals surface area (Å²) in [6.07, 6.45) is 2.68. The molecule has 2 fully saturated rings. The van der Waals surface area contributed by atoms with Crippen molar-refractivity contribution in [1.29, 1.82) is 0 Å². The Bertz CT molecular complexity index is 1250. The molecule has 2 saturated heterocycles. The van der Waals surface area contributed by atoms with E-state index < -0.39 is 30.1 Å². The summed E-state index contributed by atoms with van der Waals surface area (Å²) < 4.78 is 18.9. The van der Waals surface area contributed by atoms with Crippen molar-refractivity contribution < 1.29 is 28.3 Å². The second kappa shape index (κ2) is 8.89. The summed E-state index contributed by atoms with van der Waals surface area (Å²) in [7, 11) is 1.51. The highest BCUT2D eigenvalue weighted by atomic mass is 19.1. The van der Waals surface area contributed by atoms with Crippen molar-refractivity contribution in [2.75, 3.05) is 18.9 Å². The molecule has 188 valence electrons. The van der Waals surface area contributed by atoms with E-state index in [4.69, 9.17) is 4.74 Å². The fourth-order valence-electron chi connectivity index (χ4n) is 5.46. The SMILES string of the molecule is CNC(=O)Nc1ccc2c(c1)CCC21OC(=O)N(CC(=O)N2[C@@H](C)CC[C@H]2c2ccc(F)nc2)C1=O. The number of hydrogen-bond donors (Lipinski definition) is 2. The van der Waals surface area contributed by atoms with Gasteiger partial charge in [0.1, 0.15) is 6.54 Å². The van der Waals surface area contributed by atoms with Gasteiger partial charge in [-0.2, -0.15) is 4.39 Å². The maximum absolute atomic E-state index is 13.5. The number of amides is 5. The van der Waals surface area contributed by atoms with Crippen LogP contribution in [0.1, 0.15) is 48.9 Å². The topological polar surface area (TPSA) is 121 Å². The number of aryl methyl sites for hydroxylation is 1. The lowest BCUT2D eigenvalue weighted by Crippen LogP contribution is -2.46. The summed E-state index contributed by atoms with van der Waals surface area (Å²) in [5.74, 6) is -1.56. The van der Waals surface area contributed by atoms with Gasteiger partial charge < -0.3 is 20.3 Å². The number of fused-ring (bicyclic) bond motifs is 2. The fourth-order valence-corrected chi connectivity index (χ4v) is 5.46. The molecule has 3 atom stereocenters. The minimum Gasteiger partial charge on any atom is -0.427 e. The Labute approximate surface area is 206 Å². The highest BCUT2D eigenvalue weighted by Gasteiger charge is 2.58. The van der Waals surface area contributed by atoms with Crippen LogP contribution in [0.5, 0.6) is 0 Å². The lowest BCUT2D eigenvalue weighted by molar-refractivity contribution is -0.143. The van der Waals surface area contributed by atoms with Crippen LogP contribution in [0.2, 0.25) is 0 Å². The van der Waals surface area contributed by atoms with E-state index in [2.05, 4.69) is 15.6 Å². The predicted octanol–water partition coefficient (Wildman–Crippen LogP) is 2.84. The van der Waals surface area contributed by atoms with E-state index >= 15 is 0 Å². The first kappa shape index (κ1) is 23.7. The van der Waals surface area contributed by atoms with Gasteiger partial charge in [0, 0.05) is 37.0 Å². The lowest BCUT2D eigenvalue weighted by atomic mass is 9.94. The largest absolute Gasteiger partial charge is 0.427 e. The molecular weight excluding hydrogens is 469 g/mol. The normalized spacial score (nSPS) is 24.8. The molecule has 1 spiro atoms. The molecule has 5 rings (SSSR count). The van der Waals surface area contributed by atoms with Crippen LogP contribution in [0, 0.1) is 5.95 Å². The number of pyridine rings is 1. The highest BCUT2D eigenvalue weighted by Crippen LogP contribution is 2.46. The molecule has 1 aromatic heterocycles. The number of likely N-dealkylation sites (tertiary alicyclic amines) is 1. The van der Waals surface area contributed by atoms with Crippen molar-refractivity contribution in [3.05, 3.63) is 59.2 Å². The highest BCUT2D eigenvalue weighted by molar-refractivity contribution is 6.06. The Balaban J connectivity index is 1.35. The number of carbonyl (C=O) groups excluding carboxylic acids is 4. The minimum absolute atomic E-state index is 0.117. The zero-order valence-corrected chi connectivity index (χ0v) is 19.9. The van der Waals surface area contributed by atoms with E-state index in [9.17, 15) is 23.6 Å². The molecule has 3 heterocycles. The Morgan fingerprint density at radius 2 is 2.03 bits per heavy atom. The summed E-state index contributed by atoms with van der Waals surface area (Å²) in [4.78, 5) is 57.5. The molecule has 1 aliphatic carbocycles. The number of ether oxygens (including phenoxy) is 1. The van der Waals surface area contributed by atoms with Gasteiger partial charge in [-0.15, -0.1) is 0 Å². The van der Waals surface area contributed by atoms with Gasteiger partial charge in [-0.05, 0) is 55.5 Å². The number of rotatable bonds is 4. The molecule has 0 radical (unpaired) electrons. The van der Waals surface area contributed by atoms with Crippen molar-refractivity contribution in [3.8, 4) is 0 Å². The van der Waals surface area contributed by atoms with Gasteiger partial charge in [0.15, 0.2) is 0 Å². The van der Waals surface area contributed by atoms with E-state index in [1.54, 1.807) is 29.2 Å². The predicted molar refractivity (Wildman–Crippen MR) is 125 cm³/mol. The van der Waals surface area contributed by atoms with Gasteiger partial charge in [0.2, 0.25) is 17.5 Å². The average molecular weight is 496 g/mol. The maximum atomic E-state index is 13.5. The third-order valence-electron chi connectivity index (χ3n) is 7.23. The number of anilines is 1. The van der Waals surface area contributed by atoms with Crippen LogP contribution in [0.3, 0.4) is 0 Å². The van der Waals surface area contributed by atoms with Gasteiger partial charge >= 0.3 is 12.1 Å². The number of urea groups is 1. The number of imide groups is 1. The standard InChI is InChI=1S/C25H26FN5O5/c1-14-3-7-19(16-4-8-20(26)28-12-16)31(14)21(32)13-30-22(33)25(36-24(30)35)10-9-15-11-17(5-6-18(15)25)29-23(34)27-2/h4-6,8,11-12,14,19H,3,7,9-10,13H2,1-2H3,(H2,27,29,34)/t14-,19-,25?/m0/s1. The van der Waals surface area contributed by atoms with Gasteiger partial charge in [-0.3, -0.25) is 9.59 Å². The number of hydrogen-bond acceptors (Lipinski definition) is 6. The number of benzene rings is 1. The first-order valence-electron chi connectivity index (χ1n) is 11.8. The minimum atomic E-state index is -1.48. The molecule has 0 bridgehead atoms. The Morgan fingerprint density at radius 1 is 1.22 bits per heavy atom. The van der Waals surface area contributed by atoms with E-state index in [0.717, 1.165) is 16.9 Å². The molecule has 3 aliphatic rings. The first-order valence-corrected chi connectivity index (χ1v) is 11.8. The summed E-state index contributed by atoms with van der Waals surface area (Å²) in [6.45, 7) is 1.46. The fraction of sp³-hybridized carbons (Fsp3) is 0.400. The number of nitrogens with zero attached hydrogens (tertiary/aromatic N) is 3. The van der Waals surface area contributed by atoms with Crippen LogP contribution < -0.4 is 10.6 Å². The third-order valence-corrected chi connectivity index (χ3v) is 7.23.